The molecule has 0 aliphatic carbocycles. The lowest BCUT2D eigenvalue weighted by molar-refractivity contribution is 0.477. The van der Waals surface area contributed by atoms with E-state index in [4.69, 9.17) is 0 Å². The maximum Gasteiger partial charge on any atom is 0.185 e. The molecule has 0 bridgehead atoms. The largest absolute Gasteiger partial charge is 0.507 e. The third-order valence-corrected chi connectivity index (χ3v) is 2.52. The van der Waals surface area contributed by atoms with E-state index < -0.39 is 0 Å². The van der Waals surface area contributed by atoms with Gasteiger partial charge in [-0.3, -0.25) is 0 Å². The summed E-state index contributed by atoms with van der Waals surface area (Å²) in [6, 6.07) is 12.5. The molecule has 3 rings (SSSR count). The number of aromatic hydroxyl groups is 1. The summed E-state index contributed by atoms with van der Waals surface area (Å²) in [7, 11) is 0. The lowest BCUT2D eigenvalue weighted by Crippen LogP contribution is -1.97. The molecule has 0 fully saturated rings. The molecule has 0 radical (unpaired) electrons. The molecule has 2 heterocycles. The Kier molecular flexibility index (Phi) is 2.49. The molecule has 0 amide bonds. The first-order chi connectivity index (χ1) is 8.84. The van der Waals surface area contributed by atoms with E-state index in [-0.39, 0.29) is 5.75 Å². The van der Waals surface area contributed by atoms with Gasteiger partial charge < -0.3 is 5.11 Å². The fraction of sp³-hybridized carbons (Fsp3) is 0. The fourth-order valence-electron chi connectivity index (χ4n) is 1.65. The van der Waals surface area contributed by atoms with E-state index in [0.717, 1.165) is 0 Å². The monoisotopic (exact) mass is 238 g/mol. The number of hydrogen-bond donors (Lipinski definition) is 1. The minimum absolute atomic E-state index is 0.163. The Morgan fingerprint density at radius 3 is 2.56 bits per heavy atom. The number of nitrogens with zero attached hydrogens (tertiary/aromatic N) is 4. The molecule has 18 heavy (non-hydrogen) atoms. The summed E-state index contributed by atoms with van der Waals surface area (Å²) in [5, 5.41) is 14.0. The second-order valence-corrected chi connectivity index (χ2v) is 3.72. The van der Waals surface area contributed by atoms with Crippen LogP contribution in [0, 0.1) is 0 Å². The molecule has 0 spiro atoms. The summed E-state index contributed by atoms with van der Waals surface area (Å²) in [4.78, 5) is 8.35. The normalized spacial score (nSPS) is 10.4. The van der Waals surface area contributed by atoms with Crippen LogP contribution in [0.1, 0.15) is 0 Å². The van der Waals surface area contributed by atoms with Crippen molar-refractivity contribution in [2.45, 2.75) is 0 Å². The van der Waals surface area contributed by atoms with Crippen LogP contribution >= 0.6 is 0 Å². The highest BCUT2D eigenvalue weighted by Crippen LogP contribution is 2.25. The van der Waals surface area contributed by atoms with E-state index in [1.165, 1.54) is 0 Å². The van der Waals surface area contributed by atoms with Crippen molar-refractivity contribution >= 4 is 0 Å². The zero-order chi connectivity index (χ0) is 12.4. The Morgan fingerprint density at radius 2 is 1.78 bits per heavy atom. The van der Waals surface area contributed by atoms with Gasteiger partial charge in [0.1, 0.15) is 12.1 Å². The number of aromatic nitrogens is 4. The van der Waals surface area contributed by atoms with Gasteiger partial charge in [0.2, 0.25) is 0 Å². The summed E-state index contributed by atoms with van der Waals surface area (Å²) >= 11 is 0. The van der Waals surface area contributed by atoms with Crippen molar-refractivity contribution in [2.75, 3.05) is 0 Å². The van der Waals surface area contributed by atoms with Crippen LogP contribution < -0.4 is 0 Å². The van der Waals surface area contributed by atoms with Crippen LogP contribution in [0.15, 0.2) is 55.0 Å². The van der Waals surface area contributed by atoms with Gasteiger partial charge in [0.15, 0.2) is 11.6 Å². The van der Waals surface area contributed by atoms with Crippen LogP contribution in [0.3, 0.4) is 0 Å². The quantitative estimate of drug-likeness (QED) is 0.742. The van der Waals surface area contributed by atoms with Gasteiger partial charge in [-0.15, -0.1) is 5.10 Å². The molecule has 0 aliphatic rings. The van der Waals surface area contributed by atoms with Crippen molar-refractivity contribution in [3.8, 4) is 23.0 Å². The van der Waals surface area contributed by atoms with Crippen molar-refractivity contribution < 1.29 is 5.11 Å². The predicted molar refractivity (Wildman–Crippen MR) is 66.3 cm³/mol. The summed E-state index contributed by atoms with van der Waals surface area (Å²) < 4.78 is 1.57. The summed E-state index contributed by atoms with van der Waals surface area (Å²) in [6.45, 7) is 0. The summed E-state index contributed by atoms with van der Waals surface area (Å²) in [6.07, 6.45) is 3.26. The van der Waals surface area contributed by atoms with E-state index >= 15 is 0 Å². The van der Waals surface area contributed by atoms with Crippen LogP contribution in [0.25, 0.3) is 17.2 Å². The second-order valence-electron chi connectivity index (χ2n) is 3.72. The van der Waals surface area contributed by atoms with Gasteiger partial charge in [0.25, 0.3) is 0 Å². The van der Waals surface area contributed by atoms with Crippen LogP contribution in [0.5, 0.6) is 5.75 Å². The third kappa shape index (κ3) is 1.82. The number of pyridine rings is 1. The van der Waals surface area contributed by atoms with Crippen molar-refractivity contribution in [1.29, 1.82) is 0 Å². The molecule has 5 heteroatoms. The highest BCUT2D eigenvalue weighted by molar-refractivity contribution is 5.62. The lowest BCUT2D eigenvalue weighted by atomic mass is 10.2. The zero-order valence-electron chi connectivity index (χ0n) is 9.43. The number of hydrogen-bond acceptors (Lipinski definition) is 4. The van der Waals surface area contributed by atoms with Crippen molar-refractivity contribution in [3.63, 3.8) is 0 Å². The minimum atomic E-state index is 0.163. The van der Waals surface area contributed by atoms with E-state index in [0.29, 0.717) is 17.2 Å². The molecule has 0 aliphatic heterocycles. The van der Waals surface area contributed by atoms with Crippen LogP contribution in [-0.2, 0) is 0 Å². The third-order valence-electron chi connectivity index (χ3n) is 2.52. The Morgan fingerprint density at radius 1 is 0.944 bits per heavy atom. The molecular formula is C13H10N4O. The Labute approximate surface area is 103 Å². The van der Waals surface area contributed by atoms with E-state index in [9.17, 15) is 5.11 Å². The van der Waals surface area contributed by atoms with E-state index in [2.05, 4.69) is 15.1 Å². The Bertz CT molecular complexity index is 664. The maximum atomic E-state index is 9.74. The first kappa shape index (κ1) is 10.5. The fourth-order valence-corrected chi connectivity index (χ4v) is 1.65. The van der Waals surface area contributed by atoms with Gasteiger partial charge in [-0.1, -0.05) is 18.2 Å². The molecule has 0 atom stereocenters. The van der Waals surface area contributed by atoms with Gasteiger partial charge in [0, 0.05) is 6.20 Å². The van der Waals surface area contributed by atoms with Gasteiger partial charge in [0.05, 0.1) is 5.56 Å². The Balaban J connectivity index is 2.03. The molecule has 3 aromatic rings. The second kappa shape index (κ2) is 4.29. The zero-order valence-corrected chi connectivity index (χ0v) is 9.43. The molecule has 0 saturated heterocycles. The van der Waals surface area contributed by atoms with E-state index in [1.54, 1.807) is 35.4 Å². The summed E-state index contributed by atoms with van der Waals surface area (Å²) in [5.41, 5.74) is 0.604. The average molecular weight is 238 g/mol. The lowest BCUT2D eigenvalue weighted by Gasteiger charge is -1.99. The standard InChI is InChI=1S/C13H10N4O/c18-11-6-2-1-5-10(11)13-15-9-17(16-13)12-7-3-4-8-14-12/h1-9,18H. The molecule has 5 nitrogen and oxygen atoms in total. The topological polar surface area (TPSA) is 63.8 Å². The molecule has 2 aromatic heterocycles. The first-order valence-electron chi connectivity index (χ1n) is 5.46. The highest BCUT2D eigenvalue weighted by atomic mass is 16.3. The summed E-state index contributed by atoms with van der Waals surface area (Å²) in [5.74, 6) is 1.32. The van der Waals surface area contributed by atoms with Crippen LogP contribution in [-0.4, -0.2) is 24.9 Å². The number of benzene rings is 1. The van der Waals surface area contributed by atoms with Gasteiger partial charge in [-0.25, -0.2) is 14.6 Å². The molecule has 88 valence electrons. The number of phenolic OH excluding ortho intramolecular Hbond substituents is 1. The first-order valence-corrected chi connectivity index (χ1v) is 5.46. The van der Waals surface area contributed by atoms with Gasteiger partial charge in [-0.05, 0) is 24.3 Å². The number of para-hydroxylation sites is 1. The number of phenols is 1. The average Bonchev–Trinajstić information content (AvgIpc) is 2.90. The molecule has 1 aromatic carbocycles. The molecular weight excluding hydrogens is 228 g/mol. The maximum absolute atomic E-state index is 9.74. The minimum Gasteiger partial charge on any atom is -0.507 e. The molecule has 0 unspecified atom stereocenters. The molecule has 0 saturated carbocycles. The Hall–Kier alpha value is -2.69. The van der Waals surface area contributed by atoms with Crippen molar-refractivity contribution in [3.05, 3.63) is 55.0 Å². The van der Waals surface area contributed by atoms with Crippen molar-refractivity contribution in [1.82, 2.24) is 19.7 Å². The van der Waals surface area contributed by atoms with Crippen LogP contribution in [0.2, 0.25) is 0 Å². The van der Waals surface area contributed by atoms with Crippen LogP contribution in [0.4, 0.5) is 0 Å². The highest BCUT2D eigenvalue weighted by Gasteiger charge is 2.09. The number of rotatable bonds is 2. The van der Waals surface area contributed by atoms with E-state index in [1.807, 2.05) is 24.3 Å². The smallest absolute Gasteiger partial charge is 0.185 e. The van der Waals surface area contributed by atoms with Gasteiger partial charge in [-0.2, -0.15) is 0 Å². The predicted octanol–water partition coefficient (Wildman–Crippen LogP) is 2.03. The molecule has 1 N–H and O–H groups in total. The van der Waals surface area contributed by atoms with Gasteiger partial charge >= 0.3 is 0 Å². The van der Waals surface area contributed by atoms with Crippen molar-refractivity contribution in [2.24, 2.45) is 0 Å². The SMILES string of the molecule is Oc1ccccc1-c1ncn(-c2ccccn2)n1.